The smallest absolute Gasteiger partial charge is 0.161 e. The van der Waals surface area contributed by atoms with Gasteiger partial charge in [-0.05, 0) is 38.1 Å². The lowest BCUT2D eigenvalue weighted by atomic mass is 10.2. The van der Waals surface area contributed by atoms with Crippen LogP contribution in [-0.4, -0.2) is 26.3 Å². The maximum Gasteiger partial charge on any atom is 0.161 e. The van der Waals surface area contributed by atoms with E-state index < -0.39 is 0 Å². The normalized spacial score (nSPS) is 14.2. The highest BCUT2D eigenvalue weighted by Gasteiger charge is 2.29. The summed E-state index contributed by atoms with van der Waals surface area (Å²) in [5.74, 6) is 2.16. The lowest BCUT2D eigenvalue weighted by molar-refractivity contribution is 0.355. The van der Waals surface area contributed by atoms with E-state index in [1.54, 1.807) is 25.6 Å². The van der Waals surface area contributed by atoms with Gasteiger partial charge in [0, 0.05) is 22.9 Å². The quantitative estimate of drug-likeness (QED) is 0.888. The molecule has 1 saturated carbocycles. The lowest BCUT2D eigenvalue weighted by Crippen LogP contribution is -2.05. The van der Waals surface area contributed by atoms with Gasteiger partial charge in [0.1, 0.15) is 5.01 Å². The van der Waals surface area contributed by atoms with Crippen molar-refractivity contribution < 1.29 is 9.47 Å². The molecule has 2 aromatic rings. The molecule has 0 spiro atoms. The summed E-state index contributed by atoms with van der Waals surface area (Å²) < 4.78 is 10.7. The first kappa shape index (κ1) is 14.4. The highest BCUT2D eigenvalue weighted by molar-refractivity contribution is 7.15. The van der Waals surface area contributed by atoms with Gasteiger partial charge in [-0.1, -0.05) is 0 Å². The highest BCUT2D eigenvalue weighted by atomic mass is 32.1. The van der Waals surface area contributed by atoms with Crippen LogP contribution in [0.15, 0.2) is 18.2 Å². The first-order chi connectivity index (χ1) is 10.3. The van der Waals surface area contributed by atoms with Crippen molar-refractivity contribution in [2.45, 2.75) is 25.3 Å². The minimum atomic E-state index is 0.665. The van der Waals surface area contributed by atoms with Crippen LogP contribution in [0.25, 0.3) is 10.6 Å². The van der Waals surface area contributed by atoms with Gasteiger partial charge in [-0.25, -0.2) is 4.98 Å². The summed E-state index contributed by atoms with van der Waals surface area (Å²) in [6.07, 6.45) is 2.54. The molecule has 3 rings (SSSR count). The van der Waals surface area contributed by atoms with Gasteiger partial charge in [0.15, 0.2) is 11.5 Å². The van der Waals surface area contributed by atoms with E-state index in [0.29, 0.717) is 5.92 Å². The van der Waals surface area contributed by atoms with E-state index in [-0.39, 0.29) is 0 Å². The number of aromatic nitrogens is 1. The second-order valence-corrected chi connectivity index (χ2v) is 6.29. The number of ether oxygens (including phenoxy) is 2. The summed E-state index contributed by atoms with van der Waals surface area (Å²) in [5, 5.41) is 4.30. The zero-order valence-electron chi connectivity index (χ0n) is 12.6. The Bertz CT molecular complexity index is 635. The van der Waals surface area contributed by atoms with Crippen molar-refractivity contribution in [3.8, 4) is 22.1 Å². The number of nitrogens with one attached hydrogen (secondary N) is 1. The van der Waals surface area contributed by atoms with Crippen LogP contribution in [-0.2, 0) is 6.54 Å². The summed E-state index contributed by atoms with van der Waals surface area (Å²) in [6, 6.07) is 5.97. The van der Waals surface area contributed by atoms with Crippen LogP contribution >= 0.6 is 11.3 Å². The highest BCUT2D eigenvalue weighted by Crippen LogP contribution is 2.44. The van der Waals surface area contributed by atoms with Crippen LogP contribution in [0.4, 0.5) is 0 Å². The largest absolute Gasteiger partial charge is 0.493 e. The maximum absolute atomic E-state index is 5.38. The summed E-state index contributed by atoms with van der Waals surface area (Å²) in [7, 11) is 5.29. The number of nitrogens with zero attached hydrogens (tertiary/aromatic N) is 1. The van der Waals surface area contributed by atoms with Crippen LogP contribution in [0.1, 0.15) is 29.3 Å². The molecule has 0 unspecified atom stereocenters. The molecule has 1 N–H and O–H groups in total. The fourth-order valence-corrected chi connectivity index (χ4v) is 3.57. The monoisotopic (exact) mass is 304 g/mol. The second-order valence-electron chi connectivity index (χ2n) is 5.20. The number of rotatable bonds is 6. The third-order valence-corrected chi connectivity index (χ3v) is 4.78. The van der Waals surface area contributed by atoms with Crippen molar-refractivity contribution in [2.75, 3.05) is 21.3 Å². The van der Waals surface area contributed by atoms with E-state index in [1.165, 1.54) is 23.4 Å². The molecule has 112 valence electrons. The Morgan fingerprint density at radius 2 is 2.00 bits per heavy atom. The molecule has 1 fully saturated rings. The van der Waals surface area contributed by atoms with Gasteiger partial charge in [-0.15, -0.1) is 11.3 Å². The van der Waals surface area contributed by atoms with Crippen LogP contribution in [0.2, 0.25) is 0 Å². The molecule has 0 atom stereocenters. The van der Waals surface area contributed by atoms with E-state index in [9.17, 15) is 0 Å². The zero-order valence-corrected chi connectivity index (χ0v) is 13.4. The van der Waals surface area contributed by atoms with E-state index in [4.69, 9.17) is 14.5 Å². The first-order valence-electron chi connectivity index (χ1n) is 7.13. The Hall–Kier alpha value is -1.59. The third kappa shape index (κ3) is 2.89. The molecule has 0 amide bonds. The zero-order chi connectivity index (χ0) is 14.8. The molecule has 0 bridgehead atoms. The van der Waals surface area contributed by atoms with Crippen molar-refractivity contribution in [3.63, 3.8) is 0 Å². The van der Waals surface area contributed by atoms with Crippen LogP contribution < -0.4 is 14.8 Å². The van der Waals surface area contributed by atoms with Crippen molar-refractivity contribution in [1.82, 2.24) is 10.3 Å². The average molecular weight is 304 g/mol. The minimum Gasteiger partial charge on any atom is -0.493 e. The second kappa shape index (κ2) is 6.03. The molecular formula is C16H20N2O2S. The first-order valence-corrected chi connectivity index (χ1v) is 7.95. The van der Waals surface area contributed by atoms with Crippen LogP contribution in [0.3, 0.4) is 0 Å². The molecule has 1 aromatic heterocycles. The predicted molar refractivity (Wildman–Crippen MR) is 85.4 cm³/mol. The molecule has 0 radical (unpaired) electrons. The number of benzene rings is 1. The van der Waals surface area contributed by atoms with Crippen LogP contribution in [0, 0.1) is 0 Å². The predicted octanol–water partition coefficient (Wildman–Crippen LogP) is 3.42. The standard InChI is InChI=1S/C16H20N2O2S/c1-17-9-14-15(10-4-5-10)18-16(21-14)11-6-7-12(19-2)13(8-11)20-3/h6-8,10,17H,4-5,9H2,1-3H3. The summed E-state index contributed by atoms with van der Waals surface area (Å²) in [5.41, 5.74) is 2.36. The third-order valence-electron chi connectivity index (χ3n) is 3.66. The summed E-state index contributed by atoms with van der Waals surface area (Å²) in [4.78, 5) is 6.23. The molecule has 1 aliphatic carbocycles. The van der Waals surface area contributed by atoms with Crippen molar-refractivity contribution >= 4 is 11.3 Å². The Morgan fingerprint density at radius 1 is 1.24 bits per heavy atom. The van der Waals surface area contributed by atoms with Gasteiger partial charge in [0.05, 0.1) is 19.9 Å². The molecule has 1 aliphatic rings. The Labute approximate surface area is 129 Å². The number of methoxy groups -OCH3 is 2. The van der Waals surface area contributed by atoms with Crippen molar-refractivity contribution in [3.05, 3.63) is 28.8 Å². The number of thiazole rings is 1. The lowest BCUT2D eigenvalue weighted by Gasteiger charge is -2.08. The Morgan fingerprint density at radius 3 is 2.62 bits per heavy atom. The molecule has 1 aromatic carbocycles. The summed E-state index contributed by atoms with van der Waals surface area (Å²) >= 11 is 1.77. The molecule has 0 aliphatic heterocycles. The SMILES string of the molecule is CNCc1sc(-c2ccc(OC)c(OC)c2)nc1C1CC1. The van der Waals surface area contributed by atoms with Gasteiger partial charge in [0.25, 0.3) is 0 Å². The number of hydrogen-bond acceptors (Lipinski definition) is 5. The van der Waals surface area contributed by atoms with Crippen molar-refractivity contribution in [2.24, 2.45) is 0 Å². The average Bonchev–Trinajstić information content (AvgIpc) is 3.28. The summed E-state index contributed by atoms with van der Waals surface area (Å²) in [6.45, 7) is 0.886. The van der Waals surface area contributed by atoms with Gasteiger partial charge in [-0.2, -0.15) is 0 Å². The fourth-order valence-electron chi connectivity index (χ4n) is 2.42. The molecule has 1 heterocycles. The topological polar surface area (TPSA) is 43.4 Å². The Kier molecular flexibility index (Phi) is 4.12. The van der Waals surface area contributed by atoms with E-state index in [1.807, 2.05) is 25.2 Å². The van der Waals surface area contributed by atoms with E-state index in [2.05, 4.69) is 5.32 Å². The van der Waals surface area contributed by atoms with Crippen LogP contribution in [0.5, 0.6) is 11.5 Å². The fraction of sp³-hybridized carbons (Fsp3) is 0.438. The number of hydrogen-bond donors (Lipinski definition) is 1. The van der Waals surface area contributed by atoms with E-state index in [0.717, 1.165) is 28.6 Å². The molecule has 21 heavy (non-hydrogen) atoms. The minimum absolute atomic E-state index is 0.665. The molecule has 0 saturated heterocycles. The van der Waals surface area contributed by atoms with Gasteiger partial charge in [0.2, 0.25) is 0 Å². The molecule has 4 nitrogen and oxygen atoms in total. The van der Waals surface area contributed by atoms with Crippen molar-refractivity contribution in [1.29, 1.82) is 0 Å². The maximum atomic E-state index is 5.38. The van der Waals surface area contributed by atoms with E-state index >= 15 is 0 Å². The molecule has 5 heteroatoms. The molecular weight excluding hydrogens is 284 g/mol. The van der Waals surface area contributed by atoms with Gasteiger partial charge in [-0.3, -0.25) is 0 Å². The Balaban J connectivity index is 1.98. The van der Waals surface area contributed by atoms with Gasteiger partial charge >= 0.3 is 0 Å². The van der Waals surface area contributed by atoms with Gasteiger partial charge < -0.3 is 14.8 Å².